The maximum atomic E-state index is 3.72. The van der Waals surface area contributed by atoms with Crippen LogP contribution < -0.4 is 15.9 Å². The maximum absolute atomic E-state index is 3.72. The molecule has 34 heavy (non-hydrogen) atoms. The summed E-state index contributed by atoms with van der Waals surface area (Å²) in [6, 6.07) is 47.7. The molecule has 0 fully saturated rings. The van der Waals surface area contributed by atoms with E-state index in [4.69, 9.17) is 0 Å². The number of nitrogens with one attached hydrogen (secondary N) is 1. The van der Waals surface area contributed by atoms with Crippen LogP contribution in [-0.4, -0.2) is 0 Å². The van der Waals surface area contributed by atoms with Gasteiger partial charge >= 0.3 is 0 Å². The second kappa shape index (κ2) is 9.14. The number of hydrogen-bond acceptors (Lipinski definition) is 1. The lowest BCUT2D eigenvalue weighted by Gasteiger charge is -2.20. The fourth-order valence-electron chi connectivity index (χ4n) is 4.64. The maximum Gasteiger partial charge on any atom is 0.0470 e. The molecule has 0 heterocycles. The molecular weight excluding hydrogens is 429 g/mol. The van der Waals surface area contributed by atoms with Crippen LogP contribution in [0.25, 0.3) is 32.7 Å². The van der Waals surface area contributed by atoms with Gasteiger partial charge < -0.3 is 5.32 Å². The smallest absolute Gasteiger partial charge is 0.0470 e. The molecule has 6 aromatic rings. The first-order valence-electron chi connectivity index (χ1n) is 11.5. The van der Waals surface area contributed by atoms with Gasteiger partial charge in [0.2, 0.25) is 0 Å². The summed E-state index contributed by atoms with van der Waals surface area (Å²) in [6.45, 7) is 0. The van der Waals surface area contributed by atoms with Gasteiger partial charge in [0, 0.05) is 16.9 Å². The number of hydrogen-bond donors (Lipinski definition) is 1. The van der Waals surface area contributed by atoms with Gasteiger partial charge in [0.1, 0.15) is 0 Å². The first kappa shape index (κ1) is 20.7. The van der Waals surface area contributed by atoms with E-state index in [1.54, 1.807) is 0 Å². The Bertz CT molecular complexity index is 1470. The third-order valence-electron chi connectivity index (χ3n) is 6.21. The number of benzene rings is 6. The van der Waals surface area contributed by atoms with Gasteiger partial charge in [0.05, 0.1) is 0 Å². The van der Waals surface area contributed by atoms with E-state index in [0.29, 0.717) is 8.58 Å². The zero-order chi connectivity index (χ0) is 22.7. The molecule has 1 N–H and O–H groups in total. The van der Waals surface area contributed by atoms with Crippen molar-refractivity contribution in [2.24, 2.45) is 0 Å². The quantitative estimate of drug-likeness (QED) is 0.261. The summed E-state index contributed by atoms with van der Waals surface area (Å²) in [7, 11) is 0.572. The van der Waals surface area contributed by atoms with Crippen molar-refractivity contribution in [3.8, 4) is 11.1 Å². The van der Waals surface area contributed by atoms with Crippen molar-refractivity contribution in [1.82, 2.24) is 0 Å². The molecule has 162 valence electrons. The molecule has 0 aliphatic carbocycles. The topological polar surface area (TPSA) is 12.0 Å². The third kappa shape index (κ3) is 3.96. The predicted molar refractivity (Wildman–Crippen MR) is 151 cm³/mol. The van der Waals surface area contributed by atoms with Crippen molar-refractivity contribution >= 4 is 52.1 Å². The van der Waals surface area contributed by atoms with E-state index in [9.17, 15) is 0 Å². The average molecular weight is 454 g/mol. The van der Waals surface area contributed by atoms with E-state index in [1.807, 2.05) is 0 Å². The molecule has 0 bridgehead atoms. The molecule has 2 heteroatoms. The van der Waals surface area contributed by atoms with Crippen molar-refractivity contribution in [1.29, 1.82) is 0 Å². The third-order valence-corrected chi connectivity index (χ3v) is 7.52. The van der Waals surface area contributed by atoms with Gasteiger partial charge in [-0.05, 0) is 55.9 Å². The Kier molecular flexibility index (Phi) is 5.55. The summed E-state index contributed by atoms with van der Waals surface area (Å²) in [4.78, 5) is 0. The summed E-state index contributed by atoms with van der Waals surface area (Å²) in [5.74, 6) is 0. The molecule has 0 aliphatic heterocycles. The van der Waals surface area contributed by atoms with Crippen LogP contribution in [0, 0.1) is 0 Å². The molecule has 0 radical (unpaired) electrons. The SMILES string of the molecule is c1ccc(Nc2ccc3ccccc3c2-c2c(Pc3ccccc3)ccc3ccccc23)cc1. The van der Waals surface area contributed by atoms with Gasteiger partial charge in [0.25, 0.3) is 0 Å². The second-order valence-electron chi connectivity index (χ2n) is 8.40. The van der Waals surface area contributed by atoms with Crippen LogP contribution in [-0.2, 0) is 0 Å². The van der Waals surface area contributed by atoms with Gasteiger partial charge in [-0.2, -0.15) is 0 Å². The first-order valence-corrected chi connectivity index (χ1v) is 12.5. The first-order chi connectivity index (χ1) is 16.9. The molecule has 0 spiro atoms. The van der Waals surface area contributed by atoms with Crippen LogP contribution in [0.2, 0.25) is 0 Å². The summed E-state index contributed by atoms with van der Waals surface area (Å²) in [6.07, 6.45) is 0. The van der Waals surface area contributed by atoms with Crippen molar-refractivity contribution < 1.29 is 0 Å². The number of fused-ring (bicyclic) bond motifs is 2. The van der Waals surface area contributed by atoms with E-state index in [-0.39, 0.29) is 0 Å². The van der Waals surface area contributed by atoms with Crippen LogP contribution in [0.3, 0.4) is 0 Å². The van der Waals surface area contributed by atoms with Crippen molar-refractivity contribution in [2.45, 2.75) is 0 Å². The number of para-hydroxylation sites is 1. The molecule has 1 atom stereocenters. The van der Waals surface area contributed by atoms with Crippen LogP contribution in [0.5, 0.6) is 0 Å². The molecule has 1 nitrogen and oxygen atoms in total. The monoisotopic (exact) mass is 453 g/mol. The van der Waals surface area contributed by atoms with E-state index in [0.717, 1.165) is 11.4 Å². The highest BCUT2D eigenvalue weighted by Gasteiger charge is 2.17. The second-order valence-corrected chi connectivity index (χ2v) is 9.77. The van der Waals surface area contributed by atoms with E-state index >= 15 is 0 Å². The van der Waals surface area contributed by atoms with Crippen molar-refractivity contribution in [3.05, 3.63) is 133 Å². The zero-order valence-corrected chi connectivity index (χ0v) is 19.7. The molecule has 0 aromatic heterocycles. The Hall–Kier alpha value is -3.93. The summed E-state index contributed by atoms with van der Waals surface area (Å²) >= 11 is 0. The lowest BCUT2D eigenvalue weighted by atomic mass is 9.92. The van der Waals surface area contributed by atoms with Gasteiger partial charge in [-0.15, -0.1) is 0 Å². The van der Waals surface area contributed by atoms with Crippen LogP contribution >= 0.6 is 8.58 Å². The molecule has 0 saturated carbocycles. The molecule has 6 rings (SSSR count). The predicted octanol–water partition coefficient (Wildman–Crippen LogP) is 8.03. The van der Waals surface area contributed by atoms with E-state index in [2.05, 4.69) is 139 Å². The van der Waals surface area contributed by atoms with Crippen molar-refractivity contribution in [3.63, 3.8) is 0 Å². The van der Waals surface area contributed by atoms with E-state index in [1.165, 1.54) is 43.3 Å². The minimum atomic E-state index is 0.572. The zero-order valence-electron chi connectivity index (χ0n) is 18.7. The normalized spacial score (nSPS) is 11.4. The van der Waals surface area contributed by atoms with Gasteiger partial charge in [-0.1, -0.05) is 124 Å². The highest BCUT2D eigenvalue weighted by atomic mass is 31.1. The standard InChI is InChI=1S/C32H24NP/c1-3-13-25(14-4-1)33-29-21-19-23-11-7-9-17-27(23)31(29)32-28-18-10-8-12-24(28)20-22-30(32)34-26-15-5-2-6-16-26/h1-22,33-34H. The van der Waals surface area contributed by atoms with Gasteiger partial charge in [-0.3, -0.25) is 0 Å². The largest absolute Gasteiger partial charge is 0.355 e. The highest BCUT2D eigenvalue weighted by molar-refractivity contribution is 7.55. The summed E-state index contributed by atoms with van der Waals surface area (Å²) in [5, 5.41) is 11.5. The van der Waals surface area contributed by atoms with Crippen LogP contribution in [0.4, 0.5) is 11.4 Å². The molecular formula is C32H24NP. The molecule has 0 saturated heterocycles. The van der Waals surface area contributed by atoms with Gasteiger partial charge in [0.15, 0.2) is 0 Å². The van der Waals surface area contributed by atoms with Gasteiger partial charge in [-0.25, -0.2) is 0 Å². The molecule has 0 amide bonds. The average Bonchev–Trinajstić information content (AvgIpc) is 2.90. The minimum absolute atomic E-state index is 0.572. The Morgan fingerprint density at radius 3 is 1.71 bits per heavy atom. The molecule has 1 unspecified atom stereocenters. The van der Waals surface area contributed by atoms with Crippen LogP contribution in [0.1, 0.15) is 0 Å². The fourth-order valence-corrected chi connectivity index (χ4v) is 5.87. The number of anilines is 2. The minimum Gasteiger partial charge on any atom is -0.355 e. The lowest BCUT2D eigenvalue weighted by Crippen LogP contribution is -2.08. The molecule has 0 aliphatic rings. The lowest BCUT2D eigenvalue weighted by molar-refractivity contribution is 1.56. The molecule has 6 aromatic carbocycles. The Morgan fingerprint density at radius 1 is 0.441 bits per heavy atom. The summed E-state index contributed by atoms with van der Waals surface area (Å²) in [5.41, 5.74) is 4.79. The Balaban J connectivity index is 1.66. The Morgan fingerprint density at radius 2 is 1.00 bits per heavy atom. The summed E-state index contributed by atoms with van der Waals surface area (Å²) < 4.78 is 0. The van der Waals surface area contributed by atoms with E-state index < -0.39 is 0 Å². The Labute approximate surface area is 201 Å². The number of rotatable bonds is 5. The highest BCUT2D eigenvalue weighted by Crippen LogP contribution is 2.41. The van der Waals surface area contributed by atoms with Crippen LogP contribution in [0.15, 0.2) is 133 Å². The fraction of sp³-hybridized carbons (Fsp3) is 0. The van der Waals surface area contributed by atoms with Crippen molar-refractivity contribution in [2.75, 3.05) is 5.32 Å².